The van der Waals surface area contributed by atoms with Crippen molar-refractivity contribution < 1.29 is 15.3 Å². The van der Waals surface area contributed by atoms with Crippen LogP contribution in [0.25, 0.3) is 0 Å². The Labute approximate surface area is 175 Å². The van der Waals surface area contributed by atoms with Gasteiger partial charge in [-0.05, 0) is 24.5 Å². The first-order chi connectivity index (χ1) is 13.8. The highest BCUT2D eigenvalue weighted by molar-refractivity contribution is 5.31. The van der Waals surface area contributed by atoms with Crippen LogP contribution in [0.4, 0.5) is 0 Å². The van der Waals surface area contributed by atoms with Crippen LogP contribution < -0.4 is 0 Å². The molecule has 0 saturated heterocycles. The van der Waals surface area contributed by atoms with E-state index in [4.69, 9.17) is 10.2 Å². The first-order valence-electron chi connectivity index (χ1n) is 9.74. The number of hydrogen-bond donors (Lipinski definition) is 3. The molecule has 0 aliphatic rings. The number of rotatable bonds is 9. The molecule has 1 aromatic rings. The highest BCUT2D eigenvalue weighted by Gasteiger charge is 1.98. The fraction of sp³-hybridized carbons (Fsp3) is 0.440. The Balaban J connectivity index is -0.000000124. The molecule has 3 nitrogen and oxygen atoms in total. The molecule has 0 aliphatic carbocycles. The Morgan fingerprint density at radius 2 is 1.04 bits per heavy atom. The van der Waals surface area contributed by atoms with Gasteiger partial charge in [-0.1, -0.05) is 63.6 Å². The number of phenols is 1. The Hall–Kier alpha value is -2.10. The number of hydrogen-bond acceptors (Lipinski definition) is 3. The third kappa shape index (κ3) is 35.1. The quantitative estimate of drug-likeness (QED) is 0.316. The van der Waals surface area contributed by atoms with E-state index in [2.05, 4.69) is 59.6 Å². The molecule has 164 valence electrons. The van der Waals surface area contributed by atoms with E-state index in [1.807, 2.05) is 18.2 Å². The van der Waals surface area contributed by atoms with Crippen LogP contribution in [-0.4, -0.2) is 28.5 Å². The molecule has 0 saturated carbocycles. The fourth-order valence-electron chi connectivity index (χ4n) is 1.99. The normalized spacial score (nSPS) is 7.68. The molecule has 3 N–H and O–H groups in total. The standard InChI is InChI=1S/C15H24O.C2H6O2.4C2H4/c1-2-3-4-5-6-7-8-11-14-12-9-10-13-15(14)16;3-1-2-4;4*1-2/h9-10,12-13,16H,2-8,11H2,1H3;3-4H,1-2H2;4*1-2H2. The maximum absolute atomic E-state index is 9.58. The highest BCUT2D eigenvalue weighted by Crippen LogP contribution is 2.18. The number of aryl methyl sites for hydroxylation is 1. The predicted octanol–water partition coefficient (Wildman–Crippen LogP) is 6.87. The zero-order valence-corrected chi connectivity index (χ0v) is 18.4. The van der Waals surface area contributed by atoms with Crippen LogP contribution in [0.1, 0.15) is 57.4 Å². The number of aliphatic hydroxyl groups excluding tert-OH is 2. The molecular weight excluding hydrogens is 348 g/mol. The topological polar surface area (TPSA) is 60.7 Å². The minimum Gasteiger partial charge on any atom is -0.508 e. The molecule has 1 rings (SSSR count). The van der Waals surface area contributed by atoms with Gasteiger partial charge in [0.25, 0.3) is 0 Å². The molecular formula is C25H46O3. The first-order valence-corrected chi connectivity index (χ1v) is 9.74. The number of aliphatic hydroxyl groups is 2. The smallest absolute Gasteiger partial charge is 0.118 e. The molecule has 0 bridgehead atoms. The van der Waals surface area contributed by atoms with Crippen molar-refractivity contribution in [3.63, 3.8) is 0 Å². The van der Waals surface area contributed by atoms with Gasteiger partial charge >= 0.3 is 0 Å². The van der Waals surface area contributed by atoms with Gasteiger partial charge in [0.2, 0.25) is 0 Å². The van der Waals surface area contributed by atoms with Gasteiger partial charge in [0.15, 0.2) is 0 Å². The monoisotopic (exact) mass is 394 g/mol. The van der Waals surface area contributed by atoms with Gasteiger partial charge in [-0.3, -0.25) is 0 Å². The van der Waals surface area contributed by atoms with Crippen molar-refractivity contribution in [2.24, 2.45) is 0 Å². The van der Waals surface area contributed by atoms with E-state index < -0.39 is 0 Å². The largest absolute Gasteiger partial charge is 0.508 e. The highest BCUT2D eigenvalue weighted by atomic mass is 16.3. The van der Waals surface area contributed by atoms with Crippen molar-refractivity contribution in [3.05, 3.63) is 82.5 Å². The van der Waals surface area contributed by atoms with E-state index in [-0.39, 0.29) is 13.2 Å². The number of para-hydroxylation sites is 1. The Morgan fingerprint density at radius 1 is 0.643 bits per heavy atom. The average Bonchev–Trinajstić information content (AvgIpc) is 2.80. The van der Waals surface area contributed by atoms with E-state index in [0.29, 0.717) is 5.75 Å². The second-order valence-corrected chi connectivity index (χ2v) is 4.95. The van der Waals surface area contributed by atoms with E-state index in [1.54, 1.807) is 6.07 Å². The van der Waals surface area contributed by atoms with E-state index in [9.17, 15) is 5.11 Å². The second kappa shape index (κ2) is 44.4. The van der Waals surface area contributed by atoms with E-state index >= 15 is 0 Å². The molecule has 0 radical (unpaired) electrons. The number of phenolic OH excluding ortho intramolecular Hbond substituents is 1. The summed E-state index contributed by atoms with van der Waals surface area (Å²) < 4.78 is 0. The average molecular weight is 395 g/mol. The summed E-state index contributed by atoms with van der Waals surface area (Å²) in [6, 6.07) is 7.67. The van der Waals surface area contributed by atoms with Crippen LogP contribution in [0.2, 0.25) is 0 Å². The molecule has 0 aromatic heterocycles. The van der Waals surface area contributed by atoms with Crippen molar-refractivity contribution in [3.8, 4) is 5.75 Å². The minimum absolute atomic E-state index is 0.125. The van der Waals surface area contributed by atoms with Crippen LogP contribution in [0, 0.1) is 0 Å². The molecule has 0 spiro atoms. The lowest BCUT2D eigenvalue weighted by Gasteiger charge is -2.04. The molecule has 0 amide bonds. The van der Waals surface area contributed by atoms with Crippen molar-refractivity contribution in [1.82, 2.24) is 0 Å². The molecule has 0 heterocycles. The minimum atomic E-state index is -0.125. The van der Waals surface area contributed by atoms with Gasteiger partial charge in [0.1, 0.15) is 5.75 Å². The van der Waals surface area contributed by atoms with Gasteiger partial charge in [-0.15, -0.1) is 52.6 Å². The summed E-state index contributed by atoms with van der Waals surface area (Å²) in [5.74, 6) is 0.452. The SMILES string of the molecule is C=C.C=C.C=C.C=C.CCCCCCCCCc1ccccc1O.OCCO. The van der Waals surface area contributed by atoms with Crippen LogP contribution >= 0.6 is 0 Å². The summed E-state index contributed by atoms with van der Waals surface area (Å²) >= 11 is 0. The molecule has 0 atom stereocenters. The molecule has 1 aromatic carbocycles. The van der Waals surface area contributed by atoms with Crippen molar-refractivity contribution in [2.75, 3.05) is 13.2 Å². The molecule has 0 fully saturated rings. The van der Waals surface area contributed by atoms with Crippen LogP contribution in [0.15, 0.2) is 76.9 Å². The Morgan fingerprint density at radius 3 is 1.43 bits per heavy atom. The molecule has 0 aliphatic heterocycles. The Bertz CT molecular complexity index is 357. The van der Waals surface area contributed by atoms with Crippen molar-refractivity contribution >= 4 is 0 Å². The third-order valence-electron chi connectivity index (χ3n) is 3.14. The third-order valence-corrected chi connectivity index (χ3v) is 3.14. The summed E-state index contributed by atoms with van der Waals surface area (Å²) in [6.45, 7) is 26.0. The lowest BCUT2D eigenvalue weighted by Crippen LogP contribution is -1.87. The molecule has 3 heteroatoms. The summed E-state index contributed by atoms with van der Waals surface area (Å²) in [5, 5.41) is 24.8. The van der Waals surface area contributed by atoms with Crippen molar-refractivity contribution in [2.45, 2.75) is 58.3 Å². The van der Waals surface area contributed by atoms with Gasteiger partial charge in [-0.25, -0.2) is 0 Å². The van der Waals surface area contributed by atoms with Crippen molar-refractivity contribution in [1.29, 1.82) is 0 Å². The lowest BCUT2D eigenvalue weighted by atomic mass is 10.0. The second-order valence-electron chi connectivity index (χ2n) is 4.95. The summed E-state index contributed by atoms with van der Waals surface area (Å²) in [7, 11) is 0. The lowest BCUT2D eigenvalue weighted by molar-refractivity contribution is 0.186. The van der Waals surface area contributed by atoms with E-state index in [0.717, 1.165) is 12.0 Å². The maximum Gasteiger partial charge on any atom is 0.118 e. The summed E-state index contributed by atoms with van der Waals surface area (Å²) in [5.41, 5.74) is 1.09. The maximum atomic E-state index is 9.58. The fourth-order valence-corrected chi connectivity index (χ4v) is 1.99. The Kier molecular flexibility index (Phi) is 58.3. The first kappa shape index (κ1) is 36.8. The van der Waals surface area contributed by atoms with Gasteiger partial charge in [0, 0.05) is 0 Å². The number of unbranched alkanes of at least 4 members (excludes halogenated alkanes) is 6. The van der Waals surface area contributed by atoms with Crippen LogP contribution in [0.3, 0.4) is 0 Å². The summed E-state index contributed by atoms with van der Waals surface area (Å²) in [4.78, 5) is 0. The zero-order chi connectivity index (χ0) is 23.1. The van der Waals surface area contributed by atoms with Gasteiger partial charge in [0.05, 0.1) is 13.2 Å². The molecule has 28 heavy (non-hydrogen) atoms. The van der Waals surface area contributed by atoms with Crippen LogP contribution in [-0.2, 0) is 6.42 Å². The van der Waals surface area contributed by atoms with Crippen LogP contribution in [0.5, 0.6) is 5.75 Å². The summed E-state index contributed by atoms with van der Waals surface area (Å²) in [6.07, 6.45) is 10.3. The number of benzene rings is 1. The number of aromatic hydroxyl groups is 1. The molecule has 0 unspecified atom stereocenters. The van der Waals surface area contributed by atoms with E-state index in [1.165, 1.54) is 44.9 Å². The predicted molar refractivity (Wildman–Crippen MR) is 129 cm³/mol. The van der Waals surface area contributed by atoms with Gasteiger partial charge in [-0.2, -0.15) is 0 Å². The van der Waals surface area contributed by atoms with Gasteiger partial charge < -0.3 is 15.3 Å². The zero-order valence-electron chi connectivity index (χ0n) is 18.4.